The second kappa shape index (κ2) is 8.92. The molecule has 0 saturated heterocycles. The Morgan fingerprint density at radius 3 is 2.25 bits per heavy atom. The van der Waals surface area contributed by atoms with Gasteiger partial charge >= 0.3 is 0 Å². The number of hydrogen-bond donors (Lipinski definition) is 1. The fraction of sp³-hybridized carbons (Fsp3) is 0.222. The third-order valence-corrected chi connectivity index (χ3v) is 6.50. The van der Waals surface area contributed by atoms with Gasteiger partial charge in [0.25, 0.3) is 11.5 Å². The van der Waals surface area contributed by atoms with Crippen LogP contribution in [0.4, 0.5) is 5.69 Å². The summed E-state index contributed by atoms with van der Waals surface area (Å²) < 4.78 is 21.7. The van der Waals surface area contributed by atoms with Crippen molar-refractivity contribution in [2.45, 2.75) is 5.60 Å². The van der Waals surface area contributed by atoms with Crippen molar-refractivity contribution in [1.29, 1.82) is 0 Å². The molecular weight excluding hydrogens is 464 g/mol. The van der Waals surface area contributed by atoms with Crippen LogP contribution in [0.2, 0.25) is 0 Å². The lowest BCUT2D eigenvalue weighted by Gasteiger charge is -2.27. The van der Waals surface area contributed by atoms with Crippen LogP contribution in [0, 0.1) is 5.92 Å². The number of nitrogens with zero attached hydrogens (tertiary/aromatic N) is 1. The Kier molecular flexibility index (Phi) is 5.75. The molecule has 1 amide bonds. The van der Waals surface area contributed by atoms with E-state index in [2.05, 4.69) is 10.5 Å². The van der Waals surface area contributed by atoms with Gasteiger partial charge in [-0.05, 0) is 30.3 Å². The second-order valence-electron chi connectivity index (χ2n) is 8.23. The van der Waals surface area contributed by atoms with Crippen LogP contribution in [0.3, 0.4) is 0 Å². The number of para-hydroxylation sites is 1. The van der Waals surface area contributed by atoms with Gasteiger partial charge in [-0.25, -0.2) is 0 Å². The summed E-state index contributed by atoms with van der Waals surface area (Å²) in [6.07, 6.45) is 0. The van der Waals surface area contributed by atoms with Gasteiger partial charge < -0.3 is 29.1 Å². The summed E-state index contributed by atoms with van der Waals surface area (Å²) in [5.74, 6) is -0.236. The molecule has 0 bridgehead atoms. The lowest BCUT2D eigenvalue weighted by Crippen LogP contribution is -2.46. The average Bonchev–Trinajstić information content (AvgIpc) is 3.45. The number of hydrogen-bond acceptors (Lipinski definition) is 8. The highest BCUT2D eigenvalue weighted by molar-refractivity contribution is 6.25. The Bertz CT molecular complexity index is 1400. The number of rotatable bonds is 7. The summed E-state index contributed by atoms with van der Waals surface area (Å²) >= 11 is 0. The van der Waals surface area contributed by atoms with E-state index in [9.17, 15) is 9.59 Å². The zero-order valence-corrected chi connectivity index (χ0v) is 20.2. The highest BCUT2D eigenvalue weighted by Gasteiger charge is 2.63. The van der Waals surface area contributed by atoms with E-state index in [4.69, 9.17) is 23.8 Å². The molecule has 0 aromatic heterocycles. The minimum atomic E-state index is -1.71. The number of anilines is 1. The molecule has 9 heteroatoms. The zero-order valence-electron chi connectivity index (χ0n) is 20.2. The van der Waals surface area contributed by atoms with Gasteiger partial charge in [-0.15, -0.1) is 0 Å². The quantitative estimate of drug-likeness (QED) is 0.505. The highest BCUT2D eigenvalue weighted by atomic mass is 16.7. The Balaban J connectivity index is 1.72. The Morgan fingerprint density at radius 2 is 1.56 bits per heavy atom. The maximum absolute atomic E-state index is 14.3. The maximum Gasteiger partial charge on any atom is 0.277 e. The number of methoxy groups -OCH3 is 4. The minimum Gasteiger partial charge on any atom is -0.497 e. The number of carbonyl (C=O) groups is 2. The summed E-state index contributed by atoms with van der Waals surface area (Å²) in [5, 5.41) is 7.16. The molecule has 2 atom stereocenters. The SMILES string of the molecule is COc1ccc(C(=O)[C@@H]2C(c3ccc(OC)cc3OC)=NO[C@]23C(=O)Nc2ccccc23)c(OC)c1. The zero-order chi connectivity index (χ0) is 25.4. The largest absolute Gasteiger partial charge is 0.497 e. The van der Waals surface area contributed by atoms with Gasteiger partial charge in [0, 0.05) is 28.9 Å². The van der Waals surface area contributed by atoms with E-state index in [-0.39, 0.29) is 11.3 Å². The molecule has 0 fully saturated rings. The average molecular weight is 488 g/mol. The van der Waals surface area contributed by atoms with Crippen LogP contribution in [0.1, 0.15) is 21.5 Å². The van der Waals surface area contributed by atoms with Gasteiger partial charge in [-0.2, -0.15) is 0 Å². The number of ketones is 1. The number of oxime groups is 1. The van der Waals surface area contributed by atoms with Crippen molar-refractivity contribution in [2.75, 3.05) is 33.8 Å². The fourth-order valence-electron chi connectivity index (χ4n) is 4.73. The first kappa shape index (κ1) is 23.2. The fourth-order valence-corrected chi connectivity index (χ4v) is 4.73. The number of carbonyl (C=O) groups excluding carboxylic acids is 2. The first-order chi connectivity index (χ1) is 17.5. The van der Waals surface area contributed by atoms with Crippen LogP contribution in [0.15, 0.2) is 65.8 Å². The monoisotopic (exact) mass is 488 g/mol. The molecule has 5 rings (SSSR count). The number of ether oxygens (including phenoxy) is 4. The van der Waals surface area contributed by atoms with Crippen molar-refractivity contribution >= 4 is 23.1 Å². The van der Waals surface area contributed by atoms with Crippen molar-refractivity contribution in [1.82, 2.24) is 0 Å². The summed E-state index contributed by atoms with van der Waals surface area (Å²) in [4.78, 5) is 33.8. The molecule has 2 aliphatic heterocycles. The van der Waals surface area contributed by atoms with Crippen LogP contribution in [0.5, 0.6) is 23.0 Å². The smallest absolute Gasteiger partial charge is 0.277 e. The predicted molar refractivity (Wildman–Crippen MR) is 131 cm³/mol. The molecular formula is C27H24N2O7. The van der Waals surface area contributed by atoms with Gasteiger partial charge in [-0.3, -0.25) is 9.59 Å². The minimum absolute atomic E-state index is 0.254. The van der Waals surface area contributed by atoms with Crippen LogP contribution < -0.4 is 24.3 Å². The van der Waals surface area contributed by atoms with Gasteiger partial charge in [-0.1, -0.05) is 23.4 Å². The molecule has 0 aliphatic carbocycles. The van der Waals surface area contributed by atoms with E-state index >= 15 is 0 Å². The summed E-state index contributed by atoms with van der Waals surface area (Å²) in [7, 11) is 6.04. The molecule has 3 aromatic rings. The number of nitrogens with one attached hydrogen (secondary N) is 1. The van der Waals surface area contributed by atoms with Crippen molar-refractivity contribution in [3.05, 3.63) is 77.4 Å². The first-order valence-corrected chi connectivity index (χ1v) is 11.1. The van der Waals surface area contributed by atoms with Crippen molar-refractivity contribution in [3.8, 4) is 23.0 Å². The summed E-state index contributed by atoms with van der Waals surface area (Å²) in [6.45, 7) is 0. The van der Waals surface area contributed by atoms with Crippen molar-refractivity contribution < 1.29 is 33.4 Å². The van der Waals surface area contributed by atoms with Crippen molar-refractivity contribution in [2.24, 2.45) is 11.1 Å². The van der Waals surface area contributed by atoms with Gasteiger partial charge in [0.05, 0.1) is 34.0 Å². The molecule has 1 spiro atoms. The molecule has 2 heterocycles. The molecule has 0 saturated carbocycles. The Labute approximate surface area is 207 Å². The topological polar surface area (TPSA) is 105 Å². The second-order valence-corrected chi connectivity index (χ2v) is 8.23. The number of amides is 1. The number of Topliss-reactive ketones (excluding diaryl/α,β-unsaturated/α-hetero) is 1. The number of benzene rings is 3. The van der Waals surface area contributed by atoms with E-state index in [0.29, 0.717) is 39.8 Å². The van der Waals surface area contributed by atoms with Gasteiger partial charge in [0.2, 0.25) is 0 Å². The molecule has 3 aromatic carbocycles. The Hall–Kier alpha value is -4.53. The van der Waals surface area contributed by atoms with E-state index in [1.54, 1.807) is 67.8 Å². The summed E-state index contributed by atoms with van der Waals surface area (Å²) in [5.41, 5.74) is 0.374. The first-order valence-electron chi connectivity index (χ1n) is 11.1. The molecule has 0 radical (unpaired) electrons. The van der Waals surface area contributed by atoms with E-state index in [0.717, 1.165) is 0 Å². The number of fused-ring (bicyclic) bond motifs is 2. The molecule has 36 heavy (non-hydrogen) atoms. The third-order valence-electron chi connectivity index (χ3n) is 6.50. The van der Waals surface area contributed by atoms with Crippen LogP contribution >= 0.6 is 0 Å². The van der Waals surface area contributed by atoms with Crippen molar-refractivity contribution in [3.63, 3.8) is 0 Å². The van der Waals surface area contributed by atoms with Crippen LogP contribution in [-0.2, 0) is 15.2 Å². The van der Waals surface area contributed by atoms with Gasteiger partial charge in [0.15, 0.2) is 5.78 Å². The van der Waals surface area contributed by atoms with E-state index in [1.165, 1.54) is 21.3 Å². The molecule has 184 valence electrons. The molecule has 0 unspecified atom stereocenters. The predicted octanol–water partition coefficient (Wildman–Crippen LogP) is 3.80. The van der Waals surface area contributed by atoms with E-state index < -0.39 is 23.2 Å². The lowest BCUT2D eigenvalue weighted by atomic mass is 9.74. The third kappa shape index (κ3) is 3.35. The summed E-state index contributed by atoms with van der Waals surface area (Å²) in [6, 6.07) is 17.1. The van der Waals surface area contributed by atoms with Crippen LogP contribution in [0.25, 0.3) is 0 Å². The lowest BCUT2D eigenvalue weighted by molar-refractivity contribution is -0.140. The molecule has 1 N–H and O–H groups in total. The molecule has 2 aliphatic rings. The van der Waals surface area contributed by atoms with Gasteiger partial charge in [0.1, 0.15) is 34.6 Å². The molecule has 9 nitrogen and oxygen atoms in total. The Morgan fingerprint density at radius 1 is 0.889 bits per heavy atom. The normalized spacial score (nSPS) is 19.7. The highest BCUT2D eigenvalue weighted by Crippen LogP contribution is 2.51. The maximum atomic E-state index is 14.3. The standard InChI is InChI=1S/C27H24N2O7/c1-32-15-9-11-17(21(13-15)34-3)24-23(25(30)18-12-10-16(33-2)14-22(18)35-4)27(36-29-24)19-7-5-6-8-20(19)28-26(27)31/h5-14,23H,1-4H3,(H,28,31)/t23-,27-/m0/s1. The van der Waals surface area contributed by atoms with Crippen LogP contribution in [-0.4, -0.2) is 45.8 Å². The van der Waals surface area contributed by atoms with E-state index in [1.807, 2.05) is 0 Å².